The molecule has 25 heavy (non-hydrogen) atoms. The Bertz CT molecular complexity index is 671. The number of hydrogen-bond acceptors (Lipinski definition) is 5. The van der Waals surface area contributed by atoms with Gasteiger partial charge in [-0.1, -0.05) is 29.8 Å². The number of imide groups is 2. The molecule has 4 amide bonds. The van der Waals surface area contributed by atoms with Crippen molar-refractivity contribution in [3.8, 4) is 0 Å². The molecule has 0 bridgehead atoms. The second-order valence-corrected chi connectivity index (χ2v) is 6.42. The van der Waals surface area contributed by atoms with Gasteiger partial charge in [0.25, 0.3) is 5.91 Å². The van der Waals surface area contributed by atoms with E-state index in [0.717, 1.165) is 29.0 Å². The smallest absolute Gasteiger partial charge is 0.302 e. The number of nitrogens with one attached hydrogen (secondary N) is 1. The van der Waals surface area contributed by atoms with Gasteiger partial charge in [-0.25, -0.2) is 9.69 Å². The van der Waals surface area contributed by atoms with Gasteiger partial charge in [0.15, 0.2) is 5.92 Å². The summed E-state index contributed by atoms with van der Waals surface area (Å²) in [5.74, 6) is -2.34. The van der Waals surface area contributed by atoms with E-state index >= 15 is 0 Å². The van der Waals surface area contributed by atoms with E-state index in [0.29, 0.717) is 12.2 Å². The first kappa shape index (κ1) is 19.3. The predicted molar refractivity (Wildman–Crippen MR) is 99.8 cm³/mol. The van der Waals surface area contributed by atoms with Gasteiger partial charge in [-0.05, 0) is 37.4 Å². The molecule has 1 N–H and O–H groups in total. The van der Waals surface area contributed by atoms with E-state index < -0.39 is 23.8 Å². The van der Waals surface area contributed by atoms with Gasteiger partial charge < -0.3 is 4.90 Å². The number of carbonyl (C=O) groups excluding carboxylic acids is 3. The molecule has 2 rings (SSSR count). The van der Waals surface area contributed by atoms with Crippen molar-refractivity contribution >= 4 is 45.7 Å². The Kier molecular flexibility index (Phi) is 6.83. The first-order valence-corrected chi connectivity index (χ1v) is 8.93. The number of urea groups is 1. The molecule has 1 unspecified atom stereocenters. The lowest BCUT2D eigenvalue weighted by atomic mass is 10.1. The van der Waals surface area contributed by atoms with Crippen molar-refractivity contribution in [1.29, 1.82) is 0 Å². The summed E-state index contributed by atoms with van der Waals surface area (Å²) >= 11 is 3.30. The molecule has 1 saturated heterocycles. The van der Waals surface area contributed by atoms with Crippen molar-refractivity contribution in [2.45, 2.75) is 13.8 Å². The Labute approximate surface area is 155 Å². The van der Waals surface area contributed by atoms with Crippen LogP contribution in [0, 0.1) is 5.92 Å². The van der Waals surface area contributed by atoms with Gasteiger partial charge >= 0.3 is 6.03 Å². The van der Waals surface area contributed by atoms with Crippen LogP contribution in [-0.4, -0.2) is 55.1 Å². The van der Waals surface area contributed by atoms with E-state index in [4.69, 9.17) is 0 Å². The molecular formula is C17H21BrN4O3. The van der Waals surface area contributed by atoms with Crippen LogP contribution < -0.4 is 10.2 Å². The number of amides is 4. The maximum atomic E-state index is 12.6. The second-order valence-electron chi connectivity index (χ2n) is 5.50. The molecule has 1 aliphatic heterocycles. The van der Waals surface area contributed by atoms with E-state index in [9.17, 15) is 14.4 Å². The Balaban J connectivity index is 2.10. The fourth-order valence-corrected chi connectivity index (χ4v) is 2.74. The SMILES string of the molecule is CCN(CC)CCN=CC1C(=O)NC(=O)N(c2ccc(Br)cc2)C1=O. The number of halogens is 1. The zero-order valence-electron chi connectivity index (χ0n) is 14.2. The molecule has 7 nitrogen and oxygen atoms in total. The van der Waals surface area contributed by atoms with Crippen LogP contribution in [0.25, 0.3) is 0 Å². The maximum absolute atomic E-state index is 12.6. The van der Waals surface area contributed by atoms with Crippen molar-refractivity contribution in [3.05, 3.63) is 28.7 Å². The van der Waals surface area contributed by atoms with Gasteiger partial charge in [0.1, 0.15) is 0 Å². The third kappa shape index (κ3) is 4.73. The highest BCUT2D eigenvalue weighted by atomic mass is 79.9. The molecule has 134 valence electrons. The third-order valence-electron chi connectivity index (χ3n) is 3.98. The first-order chi connectivity index (χ1) is 12.0. The van der Waals surface area contributed by atoms with Crippen molar-refractivity contribution in [2.24, 2.45) is 10.9 Å². The maximum Gasteiger partial charge on any atom is 0.335 e. The minimum atomic E-state index is -1.10. The van der Waals surface area contributed by atoms with Crippen LogP contribution in [0.3, 0.4) is 0 Å². The van der Waals surface area contributed by atoms with Gasteiger partial charge in [0, 0.05) is 17.2 Å². The van der Waals surface area contributed by atoms with E-state index in [-0.39, 0.29) is 0 Å². The molecular weight excluding hydrogens is 388 g/mol. The Morgan fingerprint density at radius 1 is 1.20 bits per heavy atom. The summed E-state index contributed by atoms with van der Waals surface area (Å²) in [6.45, 7) is 7.20. The summed E-state index contributed by atoms with van der Waals surface area (Å²) in [6, 6.07) is 5.96. The van der Waals surface area contributed by atoms with Crippen molar-refractivity contribution in [3.63, 3.8) is 0 Å². The van der Waals surface area contributed by atoms with Crippen LogP contribution in [0.5, 0.6) is 0 Å². The van der Waals surface area contributed by atoms with Crippen molar-refractivity contribution < 1.29 is 14.4 Å². The minimum Gasteiger partial charge on any atom is -0.302 e. The van der Waals surface area contributed by atoms with E-state index in [1.54, 1.807) is 24.3 Å². The number of benzene rings is 1. The first-order valence-electron chi connectivity index (χ1n) is 8.14. The summed E-state index contributed by atoms with van der Waals surface area (Å²) in [5, 5.41) is 2.21. The molecule has 1 heterocycles. The Morgan fingerprint density at radius 2 is 1.84 bits per heavy atom. The second kappa shape index (κ2) is 8.87. The average Bonchev–Trinajstić information content (AvgIpc) is 2.59. The van der Waals surface area contributed by atoms with Gasteiger partial charge in [0.2, 0.25) is 5.91 Å². The van der Waals surface area contributed by atoms with Crippen LogP contribution in [0.2, 0.25) is 0 Å². The van der Waals surface area contributed by atoms with Crippen molar-refractivity contribution in [1.82, 2.24) is 10.2 Å². The number of likely N-dealkylation sites (N-methyl/N-ethyl adjacent to an activating group) is 1. The van der Waals surface area contributed by atoms with Crippen molar-refractivity contribution in [2.75, 3.05) is 31.1 Å². The molecule has 0 spiro atoms. The highest BCUT2D eigenvalue weighted by Crippen LogP contribution is 2.22. The minimum absolute atomic E-state index is 0.403. The molecule has 1 fully saturated rings. The van der Waals surface area contributed by atoms with E-state index in [2.05, 4.69) is 45.0 Å². The normalized spacial score (nSPS) is 18.3. The van der Waals surface area contributed by atoms with Crippen LogP contribution in [0.15, 0.2) is 33.7 Å². The van der Waals surface area contributed by atoms with Crippen LogP contribution in [-0.2, 0) is 9.59 Å². The van der Waals surface area contributed by atoms with Gasteiger partial charge in [-0.2, -0.15) is 0 Å². The summed E-state index contributed by atoms with van der Waals surface area (Å²) < 4.78 is 0.826. The zero-order valence-corrected chi connectivity index (χ0v) is 15.8. The zero-order chi connectivity index (χ0) is 18.4. The lowest BCUT2D eigenvalue weighted by Crippen LogP contribution is -2.58. The Morgan fingerprint density at radius 3 is 2.44 bits per heavy atom. The molecule has 1 aliphatic rings. The quantitative estimate of drug-likeness (QED) is 0.552. The molecule has 8 heteroatoms. The summed E-state index contributed by atoms with van der Waals surface area (Å²) in [4.78, 5) is 44.0. The lowest BCUT2D eigenvalue weighted by molar-refractivity contribution is -0.131. The van der Waals surface area contributed by atoms with Gasteiger partial charge in [-0.15, -0.1) is 0 Å². The summed E-state index contributed by atoms with van der Waals surface area (Å²) in [5.41, 5.74) is 0.403. The fraction of sp³-hybridized carbons (Fsp3) is 0.412. The number of aliphatic imine (C=N–C) groups is 1. The van der Waals surface area contributed by atoms with Crippen LogP contribution >= 0.6 is 15.9 Å². The predicted octanol–water partition coefficient (Wildman–Crippen LogP) is 2.06. The number of nitrogens with zero attached hydrogens (tertiary/aromatic N) is 3. The number of barbiturate groups is 1. The number of hydrogen-bond donors (Lipinski definition) is 1. The van der Waals surface area contributed by atoms with E-state index in [1.165, 1.54) is 6.21 Å². The monoisotopic (exact) mass is 408 g/mol. The molecule has 0 aliphatic carbocycles. The van der Waals surface area contributed by atoms with Gasteiger partial charge in [-0.3, -0.25) is 19.9 Å². The number of rotatable bonds is 7. The third-order valence-corrected chi connectivity index (χ3v) is 4.51. The largest absolute Gasteiger partial charge is 0.335 e. The van der Waals surface area contributed by atoms with Gasteiger partial charge in [0.05, 0.1) is 12.2 Å². The summed E-state index contributed by atoms with van der Waals surface area (Å²) in [6.07, 6.45) is 1.33. The molecule has 1 atom stereocenters. The molecule has 0 radical (unpaired) electrons. The molecule has 0 aromatic heterocycles. The number of anilines is 1. The fourth-order valence-electron chi connectivity index (χ4n) is 2.48. The molecule has 0 saturated carbocycles. The highest BCUT2D eigenvalue weighted by Gasteiger charge is 2.40. The average molecular weight is 409 g/mol. The topological polar surface area (TPSA) is 82.1 Å². The van der Waals surface area contributed by atoms with Crippen LogP contribution in [0.4, 0.5) is 10.5 Å². The highest BCUT2D eigenvalue weighted by molar-refractivity contribution is 9.10. The molecule has 1 aromatic carbocycles. The van der Waals surface area contributed by atoms with E-state index in [1.807, 2.05) is 0 Å². The van der Waals surface area contributed by atoms with Crippen LogP contribution in [0.1, 0.15) is 13.8 Å². The Hall–Kier alpha value is -2.06. The molecule has 1 aromatic rings. The lowest BCUT2D eigenvalue weighted by Gasteiger charge is -2.28. The standard InChI is InChI=1S/C17H21BrN4O3/c1-3-21(4-2)10-9-19-11-14-15(23)20-17(25)22(16(14)24)13-7-5-12(18)6-8-13/h5-8,11,14H,3-4,9-10H2,1-2H3,(H,20,23,25). The summed E-state index contributed by atoms with van der Waals surface area (Å²) in [7, 11) is 0. The number of carbonyl (C=O) groups is 3.